The van der Waals surface area contributed by atoms with Gasteiger partial charge in [0.25, 0.3) is 0 Å². The van der Waals surface area contributed by atoms with Gasteiger partial charge in [0.15, 0.2) is 0 Å². The Bertz CT molecular complexity index is 198. The summed E-state index contributed by atoms with van der Waals surface area (Å²) in [5.41, 5.74) is 0. The van der Waals surface area contributed by atoms with Gasteiger partial charge in [0.2, 0.25) is 0 Å². The molecule has 0 fully saturated rings. The fraction of sp³-hybridized carbons (Fsp3) is 1.00. The van der Waals surface area contributed by atoms with Gasteiger partial charge >= 0.3 is 8.25 Å². The van der Waals surface area contributed by atoms with E-state index in [0.29, 0.717) is 13.2 Å². The van der Waals surface area contributed by atoms with Crippen molar-refractivity contribution in [3.8, 4) is 0 Å². The number of hydrogen-bond donors (Lipinski definition) is 0. The van der Waals surface area contributed by atoms with Crippen LogP contribution >= 0.6 is 8.25 Å². The summed E-state index contributed by atoms with van der Waals surface area (Å²) in [6.45, 7) is 5.57. The first-order chi connectivity index (χ1) is 9.31. The zero-order valence-corrected chi connectivity index (χ0v) is 13.9. The van der Waals surface area contributed by atoms with Crippen molar-refractivity contribution in [2.24, 2.45) is 0 Å². The molecule has 0 radical (unpaired) electrons. The molecule has 1 unspecified atom stereocenters. The van der Waals surface area contributed by atoms with Gasteiger partial charge in [0.05, 0.1) is 13.2 Å². The minimum absolute atomic E-state index is 0.578. The largest absolute Gasteiger partial charge is 0.319 e. The van der Waals surface area contributed by atoms with Gasteiger partial charge in [-0.05, 0) is 12.8 Å². The summed E-state index contributed by atoms with van der Waals surface area (Å²) in [7, 11) is -2.23. The first-order valence-electron chi connectivity index (χ1n) is 8.10. The van der Waals surface area contributed by atoms with Crippen LogP contribution in [0.15, 0.2) is 0 Å². The molecule has 0 aromatic rings. The fourth-order valence-corrected chi connectivity index (χ4v) is 2.65. The molecular weight excluding hydrogens is 259 g/mol. The van der Waals surface area contributed by atoms with Crippen LogP contribution in [0.4, 0.5) is 0 Å². The Morgan fingerprint density at radius 1 is 0.632 bits per heavy atom. The summed E-state index contributed by atoms with van der Waals surface area (Å²) in [5, 5.41) is 0. The van der Waals surface area contributed by atoms with Crippen molar-refractivity contribution in [2.45, 2.75) is 84.5 Å². The minimum Gasteiger partial charge on any atom is -0.311 e. The lowest BCUT2D eigenvalue weighted by Crippen LogP contribution is -1.92. The Labute approximate surface area is 120 Å². The smallest absolute Gasteiger partial charge is 0.311 e. The second-order valence-corrected chi connectivity index (χ2v) is 6.21. The number of hydrogen-bond acceptors (Lipinski definition) is 3. The maximum atomic E-state index is 11.4. The molecule has 0 aromatic carbocycles. The van der Waals surface area contributed by atoms with Crippen molar-refractivity contribution >= 4 is 8.25 Å². The van der Waals surface area contributed by atoms with Gasteiger partial charge < -0.3 is 9.05 Å². The van der Waals surface area contributed by atoms with E-state index in [-0.39, 0.29) is 0 Å². The normalized spacial score (nSPS) is 12.7. The molecule has 0 aromatic heterocycles. The maximum Gasteiger partial charge on any atom is 0.319 e. The highest BCUT2D eigenvalue weighted by atomic mass is 31.1. The molecule has 116 valence electrons. The second-order valence-electron chi connectivity index (χ2n) is 5.13. The van der Waals surface area contributed by atoms with Gasteiger partial charge in [-0.3, -0.25) is 4.57 Å². The van der Waals surface area contributed by atoms with Crippen molar-refractivity contribution in [3.05, 3.63) is 0 Å². The summed E-state index contributed by atoms with van der Waals surface area (Å²) in [4.78, 5) is 0. The lowest BCUT2D eigenvalue weighted by molar-refractivity contribution is 0.218. The SMILES string of the molecule is CCCCCCCCCO[PH](=O)OCCCCCC. The number of rotatable bonds is 15. The number of unbranched alkanes of at least 4 members (excludes halogenated alkanes) is 9. The zero-order valence-electron chi connectivity index (χ0n) is 12.9. The molecular formula is C15H33O3P. The monoisotopic (exact) mass is 292 g/mol. The molecule has 0 N–H and O–H groups in total. The van der Waals surface area contributed by atoms with E-state index in [4.69, 9.17) is 9.05 Å². The Balaban J connectivity index is 3.12. The Morgan fingerprint density at radius 3 is 1.47 bits per heavy atom. The average Bonchev–Trinajstić information content (AvgIpc) is 2.41. The first kappa shape index (κ1) is 19.1. The lowest BCUT2D eigenvalue weighted by atomic mass is 10.1. The second kappa shape index (κ2) is 16.2. The van der Waals surface area contributed by atoms with Crippen LogP contribution in [0.25, 0.3) is 0 Å². The van der Waals surface area contributed by atoms with E-state index in [1.165, 1.54) is 51.4 Å². The van der Waals surface area contributed by atoms with Crippen LogP contribution in [0.3, 0.4) is 0 Å². The van der Waals surface area contributed by atoms with Crippen molar-refractivity contribution in [2.75, 3.05) is 13.2 Å². The highest BCUT2D eigenvalue weighted by Crippen LogP contribution is 2.24. The van der Waals surface area contributed by atoms with Gasteiger partial charge in [0, 0.05) is 0 Å². The van der Waals surface area contributed by atoms with Crippen LogP contribution in [0.5, 0.6) is 0 Å². The van der Waals surface area contributed by atoms with E-state index in [9.17, 15) is 4.57 Å². The van der Waals surface area contributed by atoms with Gasteiger partial charge in [0.1, 0.15) is 0 Å². The predicted molar refractivity (Wildman–Crippen MR) is 83.0 cm³/mol. The topological polar surface area (TPSA) is 35.5 Å². The van der Waals surface area contributed by atoms with Crippen molar-refractivity contribution < 1.29 is 13.6 Å². The zero-order chi connectivity index (χ0) is 14.2. The fourth-order valence-electron chi connectivity index (χ4n) is 1.94. The minimum atomic E-state index is -2.23. The predicted octanol–water partition coefficient (Wildman–Crippen LogP) is 5.74. The molecule has 0 heterocycles. The van der Waals surface area contributed by atoms with Gasteiger partial charge in [-0.1, -0.05) is 71.6 Å². The van der Waals surface area contributed by atoms with E-state index in [0.717, 1.165) is 19.3 Å². The molecule has 0 aliphatic heterocycles. The summed E-state index contributed by atoms with van der Waals surface area (Å²) < 4.78 is 21.8. The maximum absolute atomic E-state index is 11.4. The van der Waals surface area contributed by atoms with E-state index in [1.807, 2.05) is 0 Å². The van der Waals surface area contributed by atoms with Crippen LogP contribution in [0.2, 0.25) is 0 Å². The average molecular weight is 292 g/mol. The molecule has 0 spiro atoms. The Morgan fingerprint density at radius 2 is 1.00 bits per heavy atom. The van der Waals surface area contributed by atoms with Gasteiger partial charge in [-0.15, -0.1) is 0 Å². The molecule has 1 atom stereocenters. The Kier molecular flexibility index (Phi) is 16.3. The van der Waals surface area contributed by atoms with Gasteiger partial charge in [-0.2, -0.15) is 0 Å². The van der Waals surface area contributed by atoms with Gasteiger partial charge in [-0.25, -0.2) is 0 Å². The third-order valence-corrected chi connectivity index (χ3v) is 4.07. The molecule has 0 amide bonds. The lowest BCUT2D eigenvalue weighted by Gasteiger charge is -2.05. The molecule has 19 heavy (non-hydrogen) atoms. The van der Waals surface area contributed by atoms with Crippen LogP contribution < -0.4 is 0 Å². The first-order valence-corrected chi connectivity index (χ1v) is 9.33. The van der Waals surface area contributed by atoms with Crippen molar-refractivity contribution in [3.63, 3.8) is 0 Å². The van der Waals surface area contributed by atoms with Crippen LogP contribution in [0.1, 0.15) is 84.5 Å². The van der Waals surface area contributed by atoms with E-state index in [2.05, 4.69) is 13.8 Å². The highest BCUT2D eigenvalue weighted by molar-refractivity contribution is 7.33. The van der Waals surface area contributed by atoms with E-state index >= 15 is 0 Å². The molecule has 0 aliphatic rings. The van der Waals surface area contributed by atoms with Crippen LogP contribution in [-0.2, 0) is 13.6 Å². The van der Waals surface area contributed by atoms with E-state index < -0.39 is 8.25 Å². The highest BCUT2D eigenvalue weighted by Gasteiger charge is 1.99. The van der Waals surface area contributed by atoms with Crippen molar-refractivity contribution in [1.29, 1.82) is 0 Å². The van der Waals surface area contributed by atoms with Crippen LogP contribution in [0, 0.1) is 0 Å². The van der Waals surface area contributed by atoms with Crippen LogP contribution in [-0.4, -0.2) is 13.2 Å². The summed E-state index contributed by atoms with van der Waals surface area (Å²) >= 11 is 0. The molecule has 0 saturated carbocycles. The molecule has 0 aliphatic carbocycles. The Hall–Kier alpha value is 0.150. The molecule has 3 nitrogen and oxygen atoms in total. The third-order valence-electron chi connectivity index (χ3n) is 3.19. The summed E-state index contributed by atoms with van der Waals surface area (Å²) in [6.07, 6.45) is 13.3. The van der Waals surface area contributed by atoms with E-state index in [1.54, 1.807) is 0 Å². The molecule has 0 bridgehead atoms. The molecule has 4 heteroatoms. The quantitative estimate of drug-likeness (QED) is 0.285. The third kappa shape index (κ3) is 16.1. The summed E-state index contributed by atoms with van der Waals surface area (Å²) in [6, 6.07) is 0. The summed E-state index contributed by atoms with van der Waals surface area (Å²) in [5.74, 6) is 0. The molecule has 0 rings (SSSR count). The molecule has 0 saturated heterocycles. The standard InChI is InChI=1S/C15H33O3P/c1-3-5-7-9-10-11-13-15-18-19(16)17-14-12-8-6-4-2/h19H,3-15H2,1-2H3. The van der Waals surface area contributed by atoms with Crippen molar-refractivity contribution in [1.82, 2.24) is 0 Å².